The second-order valence-electron chi connectivity index (χ2n) is 4.65. The summed E-state index contributed by atoms with van der Waals surface area (Å²) in [6, 6.07) is 2.84. The fourth-order valence-corrected chi connectivity index (χ4v) is 2.21. The molecule has 2 rings (SSSR count). The van der Waals surface area contributed by atoms with E-state index in [9.17, 15) is 14.5 Å². The van der Waals surface area contributed by atoms with Gasteiger partial charge in [-0.2, -0.15) is 0 Å². The number of nitrogens with zero attached hydrogens (tertiary/aromatic N) is 2. The van der Waals surface area contributed by atoms with Crippen LogP contribution in [0.2, 0.25) is 0 Å². The number of hydrogen-bond acceptors (Lipinski definition) is 4. The summed E-state index contributed by atoms with van der Waals surface area (Å²) in [5, 5.41) is 14.3. The number of halogens is 1. The molecule has 6 heteroatoms. The average molecular weight is 253 g/mol. The monoisotopic (exact) mass is 253 g/mol. The van der Waals surface area contributed by atoms with Crippen LogP contribution in [-0.4, -0.2) is 30.6 Å². The number of nitro benzene ring substituents is 1. The number of rotatable bonds is 2. The molecular formula is C12H16FN3O2. The molecule has 0 amide bonds. The van der Waals surface area contributed by atoms with Crippen molar-refractivity contribution in [3.63, 3.8) is 0 Å². The normalized spacial score (nSPS) is 19.9. The zero-order valence-electron chi connectivity index (χ0n) is 10.4. The van der Waals surface area contributed by atoms with Gasteiger partial charge in [0.15, 0.2) is 0 Å². The molecule has 1 saturated heterocycles. The molecule has 0 spiro atoms. The quantitative estimate of drug-likeness (QED) is 0.645. The maximum atomic E-state index is 13.4. The van der Waals surface area contributed by atoms with Gasteiger partial charge in [0.2, 0.25) is 0 Å². The summed E-state index contributed by atoms with van der Waals surface area (Å²) in [5.41, 5.74) is 0.779. The molecule has 1 aromatic rings. The first-order valence-corrected chi connectivity index (χ1v) is 5.92. The third-order valence-electron chi connectivity index (χ3n) is 3.16. The topological polar surface area (TPSA) is 58.4 Å². The lowest BCUT2D eigenvalue weighted by atomic mass is 10.1. The van der Waals surface area contributed by atoms with Crippen molar-refractivity contribution in [1.29, 1.82) is 0 Å². The van der Waals surface area contributed by atoms with Crippen molar-refractivity contribution in [3.8, 4) is 0 Å². The van der Waals surface area contributed by atoms with Gasteiger partial charge in [0.25, 0.3) is 5.69 Å². The van der Waals surface area contributed by atoms with Crippen molar-refractivity contribution in [2.45, 2.75) is 19.9 Å². The second kappa shape index (κ2) is 4.89. The lowest BCUT2D eigenvalue weighted by Crippen LogP contribution is -2.49. The second-order valence-corrected chi connectivity index (χ2v) is 4.65. The Balaban J connectivity index is 2.41. The third kappa shape index (κ3) is 2.43. The number of anilines is 1. The van der Waals surface area contributed by atoms with Crippen LogP contribution in [0.3, 0.4) is 0 Å². The predicted octanol–water partition coefficient (Wildman–Crippen LogP) is 1.84. The lowest BCUT2D eigenvalue weighted by Gasteiger charge is -2.33. The van der Waals surface area contributed by atoms with E-state index in [1.54, 1.807) is 13.0 Å². The maximum absolute atomic E-state index is 13.4. The first-order chi connectivity index (χ1) is 8.49. The van der Waals surface area contributed by atoms with E-state index >= 15 is 0 Å². The highest BCUT2D eigenvalue weighted by Crippen LogP contribution is 2.31. The Bertz CT molecular complexity index is 479. The molecule has 1 fully saturated rings. The van der Waals surface area contributed by atoms with Gasteiger partial charge in [-0.3, -0.25) is 10.1 Å². The highest BCUT2D eigenvalue weighted by molar-refractivity contribution is 5.65. The predicted molar refractivity (Wildman–Crippen MR) is 67.5 cm³/mol. The molecule has 1 atom stereocenters. The molecule has 1 aliphatic heterocycles. The summed E-state index contributed by atoms with van der Waals surface area (Å²) >= 11 is 0. The molecule has 18 heavy (non-hydrogen) atoms. The Morgan fingerprint density at radius 1 is 1.56 bits per heavy atom. The molecule has 1 unspecified atom stereocenters. The maximum Gasteiger partial charge on any atom is 0.295 e. The van der Waals surface area contributed by atoms with Crippen LogP contribution < -0.4 is 10.2 Å². The minimum absolute atomic E-state index is 0.160. The van der Waals surface area contributed by atoms with E-state index in [0.717, 1.165) is 12.6 Å². The smallest absolute Gasteiger partial charge is 0.295 e. The van der Waals surface area contributed by atoms with Gasteiger partial charge in [-0.25, -0.2) is 4.39 Å². The third-order valence-corrected chi connectivity index (χ3v) is 3.16. The molecule has 1 aliphatic rings. The largest absolute Gasteiger partial charge is 0.363 e. The number of aryl methyl sites for hydroxylation is 1. The Kier molecular flexibility index (Phi) is 3.47. The molecule has 1 N–H and O–H groups in total. The summed E-state index contributed by atoms with van der Waals surface area (Å²) < 4.78 is 13.4. The van der Waals surface area contributed by atoms with Crippen LogP contribution in [0.5, 0.6) is 0 Å². The van der Waals surface area contributed by atoms with Crippen molar-refractivity contribution < 1.29 is 9.31 Å². The minimum atomic E-state index is -0.534. The van der Waals surface area contributed by atoms with Crippen LogP contribution in [0.1, 0.15) is 12.5 Å². The van der Waals surface area contributed by atoms with Gasteiger partial charge in [0, 0.05) is 25.7 Å². The summed E-state index contributed by atoms with van der Waals surface area (Å²) in [6.07, 6.45) is 0. The number of hydrogen-bond donors (Lipinski definition) is 1. The number of nitro groups is 1. The SMILES string of the molecule is Cc1cc(N2CCNC(C)C2)c([N+](=O)[O-])cc1F. The van der Waals surface area contributed by atoms with Gasteiger partial charge < -0.3 is 10.2 Å². The van der Waals surface area contributed by atoms with Crippen LogP contribution in [0.4, 0.5) is 15.8 Å². The molecule has 0 saturated carbocycles. The molecule has 0 bridgehead atoms. The van der Waals surface area contributed by atoms with E-state index < -0.39 is 10.7 Å². The van der Waals surface area contributed by atoms with Gasteiger partial charge in [-0.15, -0.1) is 0 Å². The van der Waals surface area contributed by atoms with E-state index in [1.807, 2.05) is 11.8 Å². The van der Waals surface area contributed by atoms with E-state index in [0.29, 0.717) is 24.3 Å². The average Bonchev–Trinajstić information content (AvgIpc) is 2.31. The van der Waals surface area contributed by atoms with Gasteiger partial charge in [-0.05, 0) is 25.5 Å². The number of nitrogens with one attached hydrogen (secondary N) is 1. The van der Waals surface area contributed by atoms with E-state index in [-0.39, 0.29) is 11.7 Å². The number of piperazine rings is 1. The fraction of sp³-hybridized carbons (Fsp3) is 0.500. The minimum Gasteiger partial charge on any atom is -0.363 e. The van der Waals surface area contributed by atoms with Gasteiger partial charge in [0.1, 0.15) is 11.5 Å². The van der Waals surface area contributed by atoms with Crippen molar-refractivity contribution in [1.82, 2.24) is 5.32 Å². The van der Waals surface area contributed by atoms with Gasteiger partial charge >= 0.3 is 0 Å². The van der Waals surface area contributed by atoms with Gasteiger partial charge in [0.05, 0.1) is 11.0 Å². The Morgan fingerprint density at radius 2 is 2.28 bits per heavy atom. The van der Waals surface area contributed by atoms with Crippen molar-refractivity contribution in [2.24, 2.45) is 0 Å². The lowest BCUT2D eigenvalue weighted by molar-refractivity contribution is -0.384. The standard InChI is InChI=1S/C12H16FN3O2/c1-8-5-11(12(16(17)18)6-10(8)13)15-4-3-14-9(2)7-15/h5-6,9,14H,3-4,7H2,1-2H3. The first-order valence-electron chi connectivity index (χ1n) is 5.92. The molecule has 0 aromatic heterocycles. The molecule has 98 valence electrons. The van der Waals surface area contributed by atoms with Gasteiger partial charge in [-0.1, -0.05) is 0 Å². The fourth-order valence-electron chi connectivity index (χ4n) is 2.21. The van der Waals surface area contributed by atoms with Crippen molar-refractivity contribution in [2.75, 3.05) is 24.5 Å². The van der Waals surface area contributed by atoms with Crippen molar-refractivity contribution in [3.05, 3.63) is 33.6 Å². The molecular weight excluding hydrogens is 237 g/mol. The van der Waals surface area contributed by atoms with Crippen LogP contribution in [0, 0.1) is 22.9 Å². The molecule has 1 heterocycles. The van der Waals surface area contributed by atoms with E-state index in [2.05, 4.69) is 5.32 Å². The van der Waals surface area contributed by atoms with Crippen molar-refractivity contribution >= 4 is 11.4 Å². The summed E-state index contributed by atoms with van der Waals surface area (Å²) in [7, 11) is 0. The van der Waals surface area contributed by atoms with E-state index in [4.69, 9.17) is 0 Å². The zero-order chi connectivity index (χ0) is 13.3. The Labute approximate surface area is 105 Å². The van der Waals surface area contributed by atoms with E-state index in [1.165, 1.54) is 0 Å². The number of benzene rings is 1. The molecule has 0 aliphatic carbocycles. The molecule has 1 aromatic carbocycles. The molecule has 5 nitrogen and oxygen atoms in total. The summed E-state index contributed by atoms with van der Waals surface area (Å²) in [6.45, 7) is 5.79. The zero-order valence-corrected chi connectivity index (χ0v) is 10.4. The van der Waals surface area contributed by atoms with Crippen LogP contribution in [0.15, 0.2) is 12.1 Å². The van der Waals surface area contributed by atoms with Crippen LogP contribution in [-0.2, 0) is 0 Å². The van der Waals surface area contributed by atoms with Crippen LogP contribution >= 0.6 is 0 Å². The highest BCUT2D eigenvalue weighted by Gasteiger charge is 2.24. The Morgan fingerprint density at radius 3 is 2.89 bits per heavy atom. The summed E-state index contributed by atoms with van der Waals surface area (Å²) in [5.74, 6) is -0.534. The first kappa shape index (κ1) is 12.8. The summed E-state index contributed by atoms with van der Waals surface area (Å²) in [4.78, 5) is 12.4. The Hall–Kier alpha value is -1.69. The van der Waals surface area contributed by atoms with Crippen LogP contribution in [0.25, 0.3) is 0 Å². The molecule has 0 radical (unpaired) electrons. The highest BCUT2D eigenvalue weighted by atomic mass is 19.1.